The molecule has 7 unspecified atom stereocenters. The van der Waals surface area contributed by atoms with Gasteiger partial charge in [0.15, 0.2) is 6.29 Å². The quantitative estimate of drug-likeness (QED) is 0.0195. The number of aliphatic hydroxyl groups excluding tert-OH is 5. The van der Waals surface area contributed by atoms with Crippen molar-refractivity contribution < 1.29 is 49.3 Å². The van der Waals surface area contributed by atoms with E-state index in [-0.39, 0.29) is 18.5 Å². The highest BCUT2D eigenvalue weighted by atomic mass is 16.7. The van der Waals surface area contributed by atoms with Crippen LogP contribution in [0.2, 0.25) is 0 Å². The van der Waals surface area contributed by atoms with Gasteiger partial charge in [0.25, 0.3) is 0 Å². The van der Waals surface area contributed by atoms with Crippen molar-refractivity contribution in [1.29, 1.82) is 0 Å². The molecule has 0 aromatic heterocycles. The number of hydrogen-bond donors (Lipinski definition) is 6. The van der Waals surface area contributed by atoms with E-state index in [0.29, 0.717) is 19.4 Å². The molecule has 11 heteroatoms. The summed E-state index contributed by atoms with van der Waals surface area (Å²) in [6.07, 6.45) is 58.4. The van der Waals surface area contributed by atoms with Crippen LogP contribution in [0.1, 0.15) is 303 Å². The van der Waals surface area contributed by atoms with Gasteiger partial charge in [-0.15, -0.1) is 0 Å². The van der Waals surface area contributed by atoms with Gasteiger partial charge < -0.3 is 45.1 Å². The lowest BCUT2D eigenvalue weighted by molar-refractivity contribution is -0.302. The summed E-state index contributed by atoms with van der Waals surface area (Å²) >= 11 is 0. The van der Waals surface area contributed by atoms with E-state index in [1.54, 1.807) is 6.08 Å². The second-order valence-electron chi connectivity index (χ2n) is 22.5. The molecule has 1 heterocycles. The minimum absolute atomic E-state index is 0.00772. The summed E-state index contributed by atoms with van der Waals surface area (Å²) in [6, 6.07) is -0.813. The molecular weight excluding hydrogens is 955 g/mol. The summed E-state index contributed by atoms with van der Waals surface area (Å²) in [6.45, 7) is 4.31. The fraction of sp³-hybridized carbons (Fsp3) is 0.877. The summed E-state index contributed by atoms with van der Waals surface area (Å²) in [5.41, 5.74) is 0. The summed E-state index contributed by atoms with van der Waals surface area (Å²) in [7, 11) is 0. The molecule has 6 N–H and O–H groups in total. The molecule has 0 aromatic carbocycles. The molecule has 76 heavy (non-hydrogen) atoms. The lowest BCUT2D eigenvalue weighted by Gasteiger charge is -2.40. The molecule has 0 bridgehead atoms. The van der Waals surface area contributed by atoms with Gasteiger partial charge in [0.2, 0.25) is 5.91 Å². The van der Waals surface area contributed by atoms with Crippen molar-refractivity contribution in [1.82, 2.24) is 5.32 Å². The zero-order chi connectivity index (χ0) is 55.2. The number of ether oxygens (including phenoxy) is 3. The van der Waals surface area contributed by atoms with E-state index < -0.39 is 49.5 Å². The summed E-state index contributed by atoms with van der Waals surface area (Å²) < 4.78 is 16.7. The Balaban J connectivity index is 1.98. The fourth-order valence-electron chi connectivity index (χ4n) is 10.1. The smallest absolute Gasteiger partial charge is 0.305 e. The van der Waals surface area contributed by atoms with Crippen molar-refractivity contribution in [3.63, 3.8) is 0 Å². The normalized spacial score (nSPS) is 18.9. The van der Waals surface area contributed by atoms with E-state index in [1.165, 1.54) is 199 Å². The first-order chi connectivity index (χ1) is 37.2. The second-order valence-corrected chi connectivity index (χ2v) is 22.5. The molecule has 0 radical (unpaired) electrons. The molecule has 0 aliphatic carbocycles. The number of allylic oxidation sites excluding steroid dienone is 5. The summed E-state index contributed by atoms with van der Waals surface area (Å²) in [5, 5.41) is 54.2. The van der Waals surface area contributed by atoms with Crippen LogP contribution in [0.5, 0.6) is 0 Å². The Hall–Kier alpha value is -2.12. The van der Waals surface area contributed by atoms with Crippen LogP contribution in [0.15, 0.2) is 36.5 Å². The van der Waals surface area contributed by atoms with E-state index in [9.17, 15) is 35.1 Å². The highest BCUT2D eigenvalue weighted by molar-refractivity contribution is 5.76. The standard InChI is InChI=1S/C65H121NO10/c1-3-5-7-9-11-13-14-15-16-27-30-33-37-41-45-49-53-61(70)74-54-50-46-42-38-34-31-28-25-23-21-19-17-18-20-22-24-26-29-32-36-40-44-48-52-60(69)66-57(58(68)51-47-43-39-35-12-10-8-6-4-2)56-75-65-64(73)63(72)62(71)59(55-67)76-65/h16,20,22,27,47,51,57-59,62-65,67-68,71-73H,3-15,17-19,21,23-26,28-46,48-50,52-56H2,1-2H3,(H,66,69)/b22-20-,27-16-,51-47+. The number of carbonyl (C=O) groups excluding carboxylic acids is 2. The predicted molar refractivity (Wildman–Crippen MR) is 315 cm³/mol. The Kier molecular flexibility index (Phi) is 51.9. The SMILES string of the molecule is CCCCCCCCC/C=C\CCCCCCCC(=O)OCCCCCCCCCCCCCC/C=C\CCCCCCCCCC(=O)NC(COC1OC(CO)C(O)C(O)C1O)C(O)/C=C/CCCCCCCCC. The number of amides is 1. The van der Waals surface area contributed by atoms with Gasteiger partial charge in [-0.05, 0) is 83.5 Å². The fourth-order valence-corrected chi connectivity index (χ4v) is 10.1. The highest BCUT2D eigenvalue weighted by Gasteiger charge is 2.44. The topological polar surface area (TPSA) is 175 Å². The second kappa shape index (κ2) is 54.8. The first-order valence-electron chi connectivity index (χ1n) is 32.3. The van der Waals surface area contributed by atoms with Crippen LogP contribution in [0.3, 0.4) is 0 Å². The molecule has 1 aliphatic heterocycles. The van der Waals surface area contributed by atoms with Gasteiger partial charge in [-0.25, -0.2) is 0 Å². The van der Waals surface area contributed by atoms with E-state index in [0.717, 1.165) is 77.0 Å². The Morgan fingerprint density at radius 3 is 1.26 bits per heavy atom. The molecule has 446 valence electrons. The van der Waals surface area contributed by atoms with Crippen LogP contribution in [-0.2, 0) is 23.8 Å². The summed E-state index contributed by atoms with van der Waals surface area (Å²) in [4.78, 5) is 25.1. The van der Waals surface area contributed by atoms with Gasteiger partial charge in [0, 0.05) is 12.8 Å². The average Bonchev–Trinajstić information content (AvgIpc) is 3.42. The molecule has 1 aliphatic rings. The van der Waals surface area contributed by atoms with Crippen LogP contribution in [0.25, 0.3) is 0 Å². The van der Waals surface area contributed by atoms with Gasteiger partial charge in [-0.2, -0.15) is 0 Å². The van der Waals surface area contributed by atoms with E-state index in [1.807, 2.05) is 6.08 Å². The van der Waals surface area contributed by atoms with Crippen molar-refractivity contribution in [2.75, 3.05) is 19.8 Å². The molecule has 1 saturated heterocycles. The van der Waals surface area contributed by atoms with Crippen LogP contribution in [-0.4, -0.2) is 100 Å². The average molecular weight is 1080 g/mol. The van der Waals surface area contributed by atoms with Gasteiger partial charge in [0.1, 0.15) is 24.4 Å². The van der Waals surface area contributed by atoms with Crippen molar-refractivity contribution in [3.8, 4) is 0 Å². The third kappa shape index (κ3) is 43.7. The Bertz CT molecular complexity index is 1360. The third-order valence-corrected chi connectivity index (χ3v) is 15.2. The van der Waals surface area contributed by atoms with Crippen molar-refractivity contribution in [2.24, 2.45) is 0 Å². The van der Waals surface area contributed by atoms with Crippen molar-refractivity contribution >= 4 is 11.9 Å². The minimum atomic E-state index is -1.57. The maximum absolute atomic E-state index is 13.0. The molecule has 0 aromatic rings. The predicted octanol–water partition coefficient (Wildman–Crippen LogP) is 15.5. The number of aliphatic hydroxyl groups is 5. The highest BCUT2D eigenvalue weighted by Crippen LogP contribution is 2.23. The molecule has 1 fully saturated rings. The van der Waals surface area contributed by atoms with Crippen LogP contribution in [0, 0.1) is 0 Å². The maximum Gasteiger partial charge on any atom is 0.305 e. The number of hydrogen-bond acceptors (Lipinski definition) is 10. The zero-order valence-corrected chi connectivity index (χ0v) is 49.2. The number of esters is 1. The molecular formula is C65H121NO10. The lowest BCUT2D eigenvalue weighted by atomic mass is 9.99. The maximum atomic E-state index is 13.0. The number of nitrogens with one attached hydrogen (secondary N) is 1. The largest absolute Gasteiger partial charge is 0.466 e. The number of carbonyl (C=O) groups is 2. The molecule has 11 nitrogen and oxygen atoms in total. The first-order valence-corrected chi connectivity index (χ1v) is 32.3. The Labute approximate surface area is 466 Å². The van der Waals surface area contributed by atoms with Crippen molar-refractivity contribution in [2.45, 2.75) is 346 Å². The Morgan fingerprint density at radius 1 is 0.474 bits per heavy atom. The summed E-state index contributed by atoms with van der Waals surface area (Å²) in [5.74, 6) is -0.198. The first kappa shape index (κ1) is 71.9. The molecule has 1 amide bonds. The van der Waals surface area contributed by atoms with Gasteiger partial charge in [-0.3, -0.25) is 9.59 Å². The van der Waals surface area contributed by atoms with Crippen LogP contribution < -0.4 is 5.32 Å². The minimum Gasteiger partial charge on any atom is -0.466 e. The number of unbranched alkanes of at least 4 members (excludes halogenated alkanes) is 38. The molecule has 1 rings (SSSR count). The molecule has 0 saturated carbocycles. The van der Waals surface area contributed by atoms with Gasteiger partial charge in [-0.1, -0.05) is 243 Å². The van der Waals surface area contributed by atoms with Crippen LogP contribution in [0.4, 0.5) is 0 Å². The van der Waals surface area contributed by atoms with Gasteiger partial charge >= 0.3 is 5.97 Å². The Morgan fingerprint density at radius 2 is 0.842 bits per heavy atom. The van der Waals surface area contributed by atoms with E-state index in [4.69, 9.17) is 14.2 Å². The van der Waals surface area contributed by atoms with E-state index in [2.05, 4.69) is 43.5 Å². The lowest BCUT2D eigenvalue weighted by Crippen LogP contribution is -2.60. The van der Waals surface area contributed by atoms with Gasteiger partial charge in [0.05, 0.1) is 32.0 Å². The number of rotatable bonds is 56. The molecule has 0 spiro atoms. The van der Waals surface area contributed by atoms with E-state index >= 15 is 0 Å². The monoisotopic (exact) mass is 1080 g/mol. The van der Waals surface area contributed by atoms with Crippen molar-refractivity contribution in [3.05, 3.63) is 36.5 Å². The third-order valence-electron chi connectivity index (χ3n) is 15.2. The zero-order valence-electron chi connectivity index (χ0n) is 49.2. The molecule has 7 atom stereocenters. The van der Waals surface area contributed by atoms with Crippen LogP contribution >= 0.6 is 0 Å².